The monoisotopic (exact) mass is 215 g/mol. The van der Waals surface area contributed by atoms with Gasteiger partial charge in [-0.05, 0) is 26.7 Å². The quantitative estimate of drug-likeness (QED) is 0.693. The van der Waals surface area contributed by atoms with E-state index in [1.807, 2.05) is 0 Å². The van der Waals surface area contributed by atoms with E-state index in [9.17, 15) is 4.79 Å². The highest BCUT2D eigenvalue weighted by Crippen LogP contribution is 2.29. The average Bonchev–Trinajstić information content (AvgIpc) is 2.94. The number of nitrogens with zero attached hydrogens (tertiary/aromatic N) is 1. The summed E-state index contributed by atoms with van der Waals surface area (Å²) in [6, 6.07) is 0.582. The summed E-state index contributed by atoms with van der Waals surface area (Å²) in [6.07, 6.45) is 2.39. The minimum atomic E-state index is -0.731. The van der Waals surface area contributed by atoms with E-state index in [-0.39, 0.29) is 0 Å². The van der Waals surface area contributed by atoms with Crippen molar-refractivity contribution in [2.24, 2.45) is 5.41 Å². The summed E-state index contributed by atoms with van der Waals surface area (Å²) in [4.78, 5) is 13.2. The average molecular weight is 215 g/mol. The van der Waals surface area contributed by atoms with Crippen LogP contribution in [0.15, 0.2) is 0 Å². The summed E-state index contributed by atoms with van der Waals surface area (Å²) in [5.41, 5.74) is -0.670. The maximum absolute atomic E-state index is 11.0. The van der Waals surface area contributed by atoms with Crippen molar-refractivity contribution in [3.63, 3.8) is 0 Å². The van der Waals surface area contributed by atoms with E-state index in [0.29, 0.717) is 19.2 Å². The first-order valence-corrected chi connectivity index (χ1v) is 5.44. The van der Waals surface area contributed by atoms with Crippen molar-refractivity contribution >= 4 is 5.97 Å². The van der Waals surface area contributed by atoms with Crippen LogP contribution in [0.5, 0.6) is 0 Å². The molecule has 0 spiro atoms. The molecule has 0 heterocycles. The Morgan fingerprint density at radius 1 is 1.53 bits per heavy atom. The largest absolute Gasteiger partial charge is 0.481 e. The summed E-state index contributed by atoms with van der Waals surface area (Å²) in [6.45, 7) is 5.66. The second-order valence-corrected chi connectivity index (χ2v) is 4.88. The fourth-order valence-corrected chi connectivity index (χ4v) is 1.61. The Morgan fingerprint density at radius 3 is 2.53 bits per heavy atom. The standard InChI is InChI=1S/C11H21NO3/c1-11(2,10(13)14)8-12(6-7-15-3)9-4-5-9/h9H,4-8H2,1-3H3,(H,13,14). The van der Waals surface area contributed by atoms with Crippen molar-refractivity contribution < 1.29 is 14.6 Å². The summed E-state index contributed by atoms with van der Waals surface area (Å²) < 4.78 is 5.04. The molecule has 0 aromatic rings. The molecule has 1 rings (SSSR count). The van der Waals surface area contributed by atoms with E-state index in [1.165, 1.54) is 12.8 Å². The molecule has 1 aliphatic rings. The Hall–Kier alpha value is -0.610. The lowest BCUT2D eigenvalue weighted by Crippen LogP contribution is -2.41. The molecule has 1 fully saturated rings. The van der Waals surface area contributed by atoms with Crippen molar-refractivity contribution in [2.45, 2.75) is 32.7 Å². The fraction of sp³-hybridized carbons (Fsp3) is 0.909. The molecule has 0 aliphatic heterocycles. The zero-order chi connectivity index (χ0) is 11.5. The summed E-state index contributed by atoms with van der Waals surface area (Å²) in [5.74, 6) is -0.731. The molecule has 1 N–H and O–H groups in total. The topological polar surface area (TPSA) is 49.8 Å². The van der Waals surface area contributed by atoms with Crippen molar-refractivity contribution in [3.05, 3.63) is 0 Å². The molecule has 4 nitrogen and oxygen atoms in total. The predicted molar refractivity (Wildman–Crippen MR) is 57.9 cm³/mol. The van der Waals surface area contributed by atoms with Crippen LogP contribution in [-0.4, -0.2) is 48.8 Å². The number of hydrogen-bond acceptors (Lipinski definition) is 3. The molecule has 1 saturated carbocycles. The molecule has 1 aliphatic carbocycles. The SMILES string of the molecule is COCCN(CC(C)(C)C(=O)O)C1CC1. The summed E-state index contributed by atoms with van der Waals surface area (Å²) in [7, 11) is 1.67. The Morgan fingerprint density at radius 2 is 2.13 bits per heavy atom. The van der Waals surface area contributed by atoms with Crippen LogP contribution in [0.25, 0.3) is 0 Å². The Bertz CT molecular complexity index is 224. The van der Waals surface area contributed by atoms with Gasteiger partial charge in [-0.15, -0.1) is 0 Å². The third kappa shape index (κ3) is 3.80. The number of rotatable bonds is 7. The minimum absolute atomic E-state index is 0.582. The van der Waals surface area contributed by atoms with E-state index < -0.39 is 11.4 Å². The molecule has 0 saturated heterocycles. The van der Waals surface area contributed by atoms with Crippen LogP contribution in [0.1, 0.15) is 26.7 Å². The van der Waals surface area contributed by atoms with Crippen LogP contribution in [0.4, 0.5) is 0 Å². The second kappa shape index (κ2) is 4.94. The number of carboxylic acids is 1. The smallest absolute Gasteiger partial charge is 0.310 e. The van der Waals surface area contributed by atoms with Crippen molar-refractivity contribution in [3.8, 4) is 0 Å². The molecular weight excluding hydrogens is 194 g/mol. The molecule has 0 aromatic heterocycles. The lowest BCUT2D eigenvalue weighted by molar-refractivity contribution is -0.148. The molecule has 0 bridgehead atoms. The van der Waals surface area contributed by atoms with Crippen molar-refractivity contribution in [1.29, 1.82) is 0 Å². The van der Waals surface area contributed by atoms with Crippen molar-refractivity contribution in [2.75, 3.05) is 26.8 Å². The molecule has 0 amide bonds. The highest BCUT2D eigenvalue weighted by molar-refractivity contribution is 5.73. The van der Waals surface area contributed by atoms with Gasteiger partial charge in [-0.25, -0.2) is 0 Å². The van der Waals surface area contributed by atoms with Gasteiger partial charge in [0, 0.05) is 26.2 Å². The number of carbonyl (C=O) groups is 1. The molecule has 15 heavy (non-hydrogen) atoms. The molecule has 0 aromatic carbocycles. The molecule has 0 radical (unpaired) electrons. The van der Waals surface area contributed by atoms with Gasteiger partial charge < -0.3 is 9.84 Å². The van der Waals surface area contributed by atoms with Gasteiger partial charge in [-0.1, -0.05) is 0 Å². The van der Waals surface area contributed by atoms with Gasteiger partial charge in [0.2, 0.25) is 0 Å². The third-order valence-electron chi connectivity index (χ3n) is 2.82. The number of aliphatic carboxylic acids is 1. The first-order valence-electron chi connectivity index (χ1n) is 5.44. The van der Waals surface area contributed by atoms with Gasteiger partial charge >= 0.3 is 5.97 Å². The van der Waals surface area contributed by atoms with Crippen molar-refractivity contribution in [1.82, 2.24) is 4.90 Å². The van der Waals surface area contributed by atoms with Crippen LogP contribution in [-0.2, 0) is 9.53 Å². The number of ether oxygens (including phenoxy) is 1. The Kier molecular flexibility index (Phi) is 4.11. The Balaban J connectivity index is 2.46. The molecule has 4 heteroatoms. The van der Waals surface area contributed by atoms with Crippen LogP contribution < -0.4 is 0 Å². The summed E-state index contributed by atoms with van der Waals surface area (Å²) >= 11 is 0. The van der Waals surface area contributed by atoms with Gasteiger partial charge in [-0.3, -0.25) is 9.69 Å². The maximum atomic E-state index is 11.0. The minimum Gasteiger partial charge on any atom is -0.481 e. The highest BCUT2D eigenvalue weighted by Gasteiger charge is 2.36. The molecule has 88 valence electrons. The number of methoxy groups -OCH3 is 1. The molecule has 0 unspecified atom stereocenters. The van der Waals surface area contributed by atoms with E-state index in [1.54, 1.807) is 21.0 Å². The van der Waals surface area contributed by atoms with E-state index in [4.69, 9.17) is 9.84 Å². The zero-order valence-corrected chi connectivity index (χ0v) is 9.82. The fourth-order valence-electron chi connectivity index (χ4n) is 1.61. The first kappa shape index (κ1) is 12.5. The van der Waals surface area contributed by atoms with Gasteiger partial charge in [0.25, 0.3) is 0 Å². The maximum Gasteiger partial charge on any atom is 0.310 e. The normalized spacial score (nSPS) is 17.1. The van der Waals surface area contributed by atoms with Gasteiger partial charge in [-0.2, -0.15) is 0 Å². The predicted octanol–water partition coefficient (Wildman–Crippen LogP) is 1.21. The Labute approximate surface area is 91.2 Å². The van der Waals surface area contributed by atoms with Gasteiger partial charge in [0.1, 0.15) is 0 Å². The van der Waals surface area contributed by atoms with Crippen LogP contribution in [0.2, 0.25) is 0 Å². The lowest BCUT2D eigenvalue weighted by Gasteiger charge is -2.29. The zero-order valence-electron chi connectivity index (χ0n) is 9.82. The third-order valence-corrected chi connectivity index (χ3v) is 2.82. The molecular formula is C11H21NO3. The van der Waals surface area contributed by atoms with E-state index in [2.05, 4.69) is 4.90 Å². The van der Waals surface area contributed by atoms with Crippen LogP contribution in [0, 0.1) is 5.41 Å². The van der Waals surface area contributed by atoms with Crippen LogP contribution in [0.3, 0.4) is 0 Å². The highest BCUT2D eigenvalue weighted by atomic mass is 16.5. The van der Waals surface area contributed by atoms with Crippen LogP contribution >= 0.6 is 0 Å². The number of hydrogen-bond donors (Lipinski definition) is 1. The lowest BCUT2D eigenvalue weighted by atomic mass is 9.93. The van der Waals surface area contributed by atoms with E-state index >= 15 is 0 Å². The summed E-state index contributed by atoms with van der Waals surface area (Å²) in [5, 5.41) is 9.06. The molecule has 0 atom stereocenters. The van der Waals surface area contributed by atoms with Gasteiger partial charge in [0.05, 0.1) is 12.0 Å². The first-order chi connectivity index (χ1) is 6.97. The van der Waals surface area contributed by atoms with E-state index in [0.717, 1.165) is 6.54 Å². The number of carboxylic acid groups (broad SMARTS) is 1. The second-order valence-electron chi connectivity index (χ2n) is 4.88. The van der Waals surface area contributed by atoms with Gasteiger partial charge in [0.15, 0.2) is 0 Å².